The number of benzene rings is 1. The number of likely N-dealkylation sites (N-methyl/N-ethyl adjacent to an activating group) is 1. The van der Waals surface area contributed by atoms with Crippen molar-refractivity contribution in [2.75, 3.05) is 40.3 Å². The van der Waals surface area contributed by atoms with Crippen molar-refractivity contribution in [3.63, 3.8) is 0 Å². The molecule has 1 saturated heterocycles. The lowest BCUT2D eigenvalue weighted by Crippen LogP contribution is -2.51. The highest BCUT2D eigenvalue weighted by atomic mass is 16.1. The van der Waals surface area contributed by atoms with Gasteiger partial charge in [-0.15, -0.1) is 0 Å². The van der Waals surface area contributed by atoms with Crippen molar-refractivity contribution in [1.82, 2.24) is 14.4 Å². The maximum Gasteiger partial charge on any atom is 0.251 e. The number of rotatable bonds is 5. The Labute approximate surface area is 161 Å². The second kappa shape index (κ2) is 7.83. The number of hydrogen-bond donors (Lipinski definition) is 0. The summed E-state index contributed by atoms with van der Waals surface area (Å²) in [5.74, 6) is 0.991. The maximum absolute atomic E-state index is 12.6. The lowest BCUT2D eigenvalue weighted by Gasteiger charge is -2.47. The van der Waals surface area contributed by atoms with Gasteiger partial charge in [0, 0.05) is 43.9 Å². The molecule has 4 heteroatoms. The molecule has 0 spiro atoms. The fourth-order valence-electron chi connectivity index (χ4n) is 4.80. The van der Waals surface area contributed by atoms with Crippen LogP contribution in [-0.4, -0.2) is 54.6 Å². The molecule has 0 N–H and O–H groups in total. The van der Waals surface area contributed by atoms with Crippen molar-refractivity contribution in [3.8, 4) is 0 Å². The van der Waals surface area contributed by atoms with E-state index in [-0.39, 0.29) is 11.6 Å². The molecule has 142 valence electrons. The van der Waals surface area contributed by atoms with Crippen LogP contribution < -0.4 is 5.56 Å². The van der Waals surface area contributed by atoms with Crippen LogP contribution in [0.3, 0.4) is 0 Å². The molecule has 1 fully saturated rings. The van der Waals surface area contributed by atoms with Crippen LogP contribution in [0.15, 0.2) is 59.4 Å². The zero-order valence-electron chi connectivity index (χ0n) is 16.3. The topological polar surface area (TPSA) is 28.5 Å². The van der Waals surface area contributed by atoms with Crippen LogP contribution in [0.2, 0.25) is 0 Å². The van der Waals surface area contributed by atoms with Gasteiger partial charge in [-0.1, -0.05) is 48.6 Å². The molecule has 2 aliphatic rings. The summed E-state index contributed by atoms with van der Waals surface area (Å²) in [6.07, 6.45) is 5.68. The minimum absolute atomic E-state index is 0.159. The van der Waals surface area contributed by atoms with Gasteiger partial charge in [0.05, 0.1) is 6.04 Å². The van der Waals surface area contributed by atoms with E-state index in [0.29, 0.717) is 11.8 Å². The minimum Gasteiger partial charge on any atom is -0.308 e. The summed E-state index contributed by atoms with van der Waals surface area (Å²) in [5, 5.41) is 0. The second-order valence-corrected chi connectivity index (χ2v) is 8.21. The fourth-order valence-corrected chi connectivity index (χ4v) is 4.80. The summed E-state index contributed by atoms with van der Waals surface area (Å²) < 4.78 is 2.09. The first-order chi connectivity index (χ1) is 13.1. The highest BCUT2D eigenvalue weighted by Crippen LogP contribution is 2.41. The van der Waals surface area contributed by atoms with Gasteiger partial charge in [0.2, 0.25) is 0 Å². The molecule has 3 heterocycles. The first kappa shape index (κ1) is 18.2. The van der Waals surface area contributed by atoms with Crippen LogP contribution >= 0.6 is 0 Å². The van der Waals surface area contributed by atoms with Gasteiger partial charge >= 0.3 is 0 Å². The molecule has 2 aromatic rings. The predicted molar refractivity (Wildman–Crippen MR) is 111 cm³/mol. The summed E-state index contributed by atoms with van der Waals surface area (Å²) in [7, 11) is 4.20. The summed E-state index contributed by atoms with van der Waals surface area (Å²) in [6, 6.07) is 16.5. The first-order valence-electron chi connectivity index (χ1n) is 9.92. The summed E-state index contributed by atoms with van der Waals surface area (Å²) in [4.78, 5) is 17.4. The number of piperidine rings is 1. The Kier molecular flexibility index (Phi) is 5.28. The summed E-state index contributed by atoms with van der Waals surface area (Å²) >= 11 is 0. The average Bonchev–Trinajstić information content (AvgIpc) is 2.66. The Balaban J connectivity index is 1.55. The van der Waals surface area contributed by atoms with Gasteiger partial charge in [0.15, 0.2) is 0 Å². The number of fused-ring (bicyclic) bond motifs is 4. The predicted octanol–water partition coefficient (Wildman–Crippen LogP) is 3.08. The van der Waals surface area contributed by atoms with Crippen molar-refractivity contribution >= 4 is 6.08 Å². The Hall–Kier alpha value is -2.17. The molecule has 0 radical (unpaired) electrons. The fraction of sp³-hybridized carbons (Fsp3) is 0.435. The molecule has 3 atom stereocenters. The number of aromatic nitrogens is 1. The third kappa shape index (κ3) is 3.92. The van der Waals surface area contributed by atoms with Crippen molar-refractivity contribution in [2.45, 2.75) is 18.4 Å². The molecule has 0 unspecified atom stereocenters. The molecule has 1 aromatic carbocycles. The molecule has 1 aromatic heterocycles. The van der Waals surface area contributed by atoms with E-state index >= 15 is 0 Å². The van der Waals surface area contributed by atoms with E-state index in [1.807, 2.05) is 12.1 Å². The van der Waals surface area contributed by atoms with Gasteiger partial charge in [-0.2, -0.15) is 0 Å². The molecule has 0 aliphatic carbocycles. The molecule has 4 rings (SSSR count). The standard InChI is InChI=1S/C23H29N3O/c1-24(2)17-22-20-14-19(21-11-6-12-23(27)26(21)22)15-25(16-20)13-7-10-18-8-4-3-5-9-18/h3-12,19-20,22H,13-17H2,1-2H3/t19-,20+,22+/m1/s1. The minimum atomic E-state index is 0.159. The summed E-state index contributed by atoms with van der Waals surface area (Å²) in [5.41, 5.74) is 2.63. The van der Waals surface area contributed by atoms with E-state index in [9.17, 15) is 4.79 Å². The zero-order valence-corrected chi connectivity index (χ0v) is 16.3. The van der Waals surface area contributed by atoms with E-state index in [0.717, 1.165) is 26.2 Å². The SMILES string of the molecule is CN(C)C[C@H]1[C@H]2C[C@H](CN(CC=Cc3ccccc3)C2)c2cccc(=O)n21. The van der Waals surface area contributed by atoms with Gasteiger partial charge in [-0.25, -0.2) is 0 Å². The molecule has 27 heavy (non-hydrogen) atoms. The normalized spacial score (nSPS) is 25.1. The number of hydrogen-bond acceptors (Lipinski definition) is 3. The first-order valence-corrected chi connectivity index (χ1v) is 9.92. The molecule has 4 nitrogen and oxygen atoms in total. The van der Waals surface area contributed by atoms with Crippen LogP contribution in [0.25, 0.3) is 6.08 Å². The Morgan fingerprint density at radius 2 is 1.89 bits per heavy atom. The number of pyridine rings is 1. The van der Waals surface area contributed by atoms with Gasteiger partial charge in [0.25, 0.3) is 5.56 Å². The van der Waals surface area contributed by atoms with Crippen LogP contribution in [0.5, 0.6) is 0 Å². The molecule has 2 bridgehead atoms. The molecular formula is C23H29N3O. The third-order valence-electron chi connectivity index (χ3n) is 5.90. The Morgan fingerprint density at radius 1 is 1.07 bits per heavy atom. The molecule has 2 aliphatic heterocycles. The smallest absolute Gasteiger partial charge is 0.251 e. The molecular weight excluding hydrogens is 334 g/mol. The maximum atomic E-state index is 12.6. The van der Waals surface area contributed by atoms with E-state index in [4.69, 9.17) is 0 Å². The van der Waals surface area contributed by atoms with Crippen LogP contribution in [0, 0.1) is 5.92 Å². The number of nitrogens with zero attached hydrogens (tertiary/aromatic N) is 3. The van der Waals surface area contributed by atoms with Gasteiger partial charge in [-0.3, -0.25) is 9.69 Å². The quantitative estimate of drug-likeness (QED) is 0.817. The average molecular weight is 364 g/mol. The van der Waals surface area contributed by atoms with Gasteiger partial charge in [-0.05, 0) is 38.1 Å². The zero-order chi connectivity index (χ0) is 18.8. The van der Waals surface area contributed by atoms with E-state index in [1.54, 1.807) is 6.07 Å². The monoisotopic (exact) mass is 363 g/mol. The number of likely N-dealkylation sites (tertiary alicyclic amines) is 1. The highest BCUT2D eigenvalue weighted by molar-refractivity contribution is 5.48. The van der Waals surface area contributed by atoms with Crippen molar-refractivity contribution in [3.05, 3.63) is 76.2 Å². The van der Waals surface area contributed by atoms with E-state index in [1.165, 1.54) is 17.7 Å². The van der Waals surface area contributed by atoms with E-state index < -0.39 is 0 Å². The van der Waals surface area contributed by atoms with E-state index in [2.05, 4.69) is 70.9 Å². The van der Waals surface area contributed by atoms with Crippen molar-refractivity contribution < 1.29 is 0 Å². The lowest BCUT2D eigenvalue weighted by molar-refractivity contribution is 0.0863. The van der Waals surface area contributed by atoms with Crippen molar-refractivity contribution in [1.29, 1.82) is 0 Å². The van der Waals surface area contributed by atoms with Crippen molar-refractivity contribution in [2.24, 2.45) is 5.92 Å². The third-order valence-corrected chi connectivity index (χ3v) is 5.90. The van der Waals surface area contributed by atoms with Crippen LogP contribution in [0.1, 0.15) is 29.6 Å². The molecule has 0 saturated carbocycles. The lowest BCUT2D eigenvalue weighted by atomic mass is 9.78. The van der Waals surface area contributed by atoms with Gasteiger partial charge in [0.1, 0.15) is 0 Å². The van der Waals surface area contributed by atoms with Crippen LogP contribution in [-0.2, 0) is 0 Å². The highest BCUT2D eigenvalue weighted by Gasteiger charge is 2.40. The summed E-state index contributed by atoms with van der Waals surface area (Å²) in [6.45, 7) is 3.98. The van der Waals surface area contributed by atoms with Gasteiger partial charge < -0.3 is 9.47 Å². The molecule has 0 amide bonds. The largest absolute Gasteiger partial charge is 0.308 e. The Morgan fingerprint density at radius 3 is 2.67 bits per heavy atom. The second-order valence-electron chi connectivity index (χ2n) is 8.21. The van der Waals surface area contributed by atoms with Crippen LogP contribution in [0.4, 0.5) is 0 Å². The Bertz CT molecular complexity index is 855.